The molecule has 0 aromatic carbocycles. The van der Waals surface area contributed by atoms with Crippen molar-refractivity contribution in [3.05, 3.63) is 33.0 Å². The number of carbonyl (C=O) groups is 1. The molecule has 2 heterocycles. The number of thiazole rings is 1. The molecule has 0 aliphatic heterocycles. The molecule has 0 saturated heterocycles. The highest BCUT2D eigenvalue weighted by Crippen LogP contribution is 2.29. The van der Waals surface area contributed by atoms with Gasteiger partial charge in [-0.1, -0.05) is 0 Å². The monoisotopic (exact) mass is 339 g/mol. The number of hydrogen-bond acceptors (Lipinski definition) is 3. The molecule has 19 heavy (non-hydrogen) atoms. The first-order chi connectivity index (χ1) is 9.13. The average Bonchev–Trinajstić information content (AvgIpc) is 2.91. The summed E-state index contributed by atoms with van der Waals surface area (Å²) in [5, 5.41) is 3.61. The second kappa shape index (κ2) is 5.09. The molecule has 0 saturated carbocycles. The minimum absolute atomic E-state index is 0.112. The van der Waals surface area contributed by atoms with Gasteiger partial charge in [0.2, 0.25) is 0 Å². The van der Waals surface area contributed by atoms with Gasteiger partial charge < -0.3 is 4.57 Å². The summed E-state index contributed by atoms with van der Waals surface area (Å²) in [5.41, 5.74) is 1.79. The van der Waals surface area contributed by atoms with Crippen LogP contribution in [0.1, 0.15) is 33.9 Å². The zero-order valence-electron chi connectivity index (χ0n) is 10.6. The third kappa shape index (κ3) is 2.60. The molecule has 0 radical (unpaired) electrons. The first kappa shape index (κ1) is 12.9. The van der Waals surface area contributed by atoms with Crippen LogP contribution in [0.15, 0.2) is 16.7 Å². The molecule has 0 spiro atoms. The van der Waals surface area contributed by atoms with Crippen LogP contribution in [0, 0.1) is 0 Å². The number of aryl methyl sites for hydroxylation is 3. The molecule has 2 aromatic heterocycles. The molecule has 1 aliphatic rings. The Hall–Kier alpha value is -1.14. The zero-order valence-corrected chi connectivity index (χ0v) is 13.0. The van der Waals surface area contributed by atoms with Crippen LogP contribution in [0.3, 0.4) is 0 Å². The Morgan fingerprint density at radius 2 is 2.26 bits per heavy atom. The van der Waals surface area contributed by atoms with Gasteiger partial charge in [-0.2, -0.15) is 0 Å². The lowest BCUT2D eigenvalue weighted by atomic mass is 10.0. The third-order valence-electron chi connectivity index (χ3n) is 3.27. The quantitative estimate of drug-likeness (QED) is 0.911. The van der Waals surface area contributed by atoms with E-state index < -0.39 is 0 Å². The average molecular weight is 340 g/mol. The van der Waals surface area contributed by atoms with E-state index in [1.807, 2.05) is 19.3 Å². The van der Waals surface area contributed by atoms with E-state index in [1.54, 1.807) is 15.9 Å². The molecule has 0 atom stereocenters. The Labute approximate surface area is 124 Å². The first-order valence-electron chi connectivity index (χ1n) is 6.25. The number of nitrogens with zero attached hydrogens (tertiary/aromatic N) is 2. The van der Waals surface area contributed by atoms with Crippen LogP contribution in [-0.2, 0) is 19.9 Å². The van der Waals surface area contributed by atoms with Crippen LogP contribution in [-0.4, -0.2) is 15.5 Å². The fourth-order valence-electron chi connectivity index (χ4n) is 2.32. The summed E-state index contributed by atoms with van der Waals surface area (Å²) in [7, 11) is 1.85. The van der Waals surface area contributed by atoms with Crippen molar-refractivity contribution in [1.29, 1.82) is 0 Å². The van der Waals surface area contributed by atoms with Crippen molar-refractivity contribution in [3.63, 3.8) is 0 Å². The molecule has 100 valence electrons. The van der Waals surface area contributed by atoms with Crippen molar-refractivity contribution >= 4 is 38.3 Å². The predicted molar refractivity (Wildman–Crippen MR) is 79.8 cm³/mol. The van der Waals surface area contributed by atoms with E-state index in [1.165, 1.54) is 23.4 Å². The number of amides is 1. The first-order valence-corrected chi connectivity index (χ1v) is 7.86. The summed E-state index contributed by atoms with van der Waals surface area (Å²) in [4.78, 5) is 18.0. The van der Waals surface area contributed by atoms with Gasteiger partial charge in [-0.05, 0) is 47.7 Å². The Bertz CT molecular complexity index is 608. The number of halogens is 1. The normalized spacial score (nSPS) is 14.2. The minimum atomic E-state index is -0.112. The van der Waals surface area contributed by atoms with E-state index in [-0.39, 0.29) is 5.91 Å². The van der Waals surface area contributed by atoms with Gasteiger partial charge in [0, 0.05) is 22.6 Å². The van der Waals surface area contributed by atoms with Crippen molar-refractivity contribution < 1.29 is 4.79 Å². The Balaban J connectivity index is 1.79. The van der Waals surface area contributed by atoms with Crippen LogP contribution in [0.4, 0.5) is 5.13 Å². The van der Waals surface area contributed by atoms with Gasteiger partial charge in [-0.3, -0.25) is 10.1 Å². The Morgan fingerprint density at radius 1 is 1.47 bits per heavy atom. The summed E-state index contributed by atoms with van der Waals surface area (Å²) >= 11 is 4.98. The summed E-state index contributed by atoms with van der Waals surface area (Å²) < 4.78 is 2.70. The molecule has 0 unspecified atom stereocenters. The van der Waals surface area contributed by atoms with Crippen molar-refractivity contribution in [2.45, 2.75) is 25.7 Å². The maximum absolute atomic E-state index is 12.2. The van der Waals surface area contributed by atoms with Crippen LogP contribution in [0.25, 0.3) is 0 Å². The van der Waals surface area contributed by atoms with Gasteiger partial charge in [0.25, 0.3) is 5.91 Å². The molecule has 0 bridgehead atoms. The van der Waals surface area contributed by atoms with Crippen LogP contribution >= 0.6 is 27.3 Å². The lowest BCUT2D eigenvalue weighted by molar-refractivity contribution is 0.101. The number of nitrogens with one attached hydrogen (secondary N) is 1. The van der Waals surface area contributed by atoms with Gasteiger partial charge in [-0.15, -0.1) is 11.3 Å². The van der Waals surface area contributed by atoms with Gasteiger partial charge in [0.05, 0.1) is 5.69 Å². The number of fused-ring (bicyclic) bond motifs is 1. The molecule has 1 amide bonds. The topological polar surface area (TPSA) is 46.9 Å². The zero-order chi connectivity index (χ0) is 13.4. The van der Waals surface area contributed by atoms with E-state index in [2.05, 4.69) is 26.2 Å². The summed E-state index contributed by atoms with van der Waals surface area (Å²) in [6.07, 6.45) is 6.43. The SMILES string of the molecule is Cn1cc(Br)cc1C(=O)Nc1nc2c(s1)CCCC2. The maximum atomic E-state index is 12.2. The number of aromatic nitrogens is 2. The lowest BCUT2D eigenvalue weighted by Gasteiger charge is -2.06. The van der Waals surface area contributed by atoms with Gasteiger partial charge in [0.1, 0.15) is 5.69 Å². The van der Waals surface area contributed by atoms with Gasteiger partial charge in [0.15, 0.2) is 5.13 Å². The van der Waals surface area contributed by atoms with E-state index >= 15 is 0 Å². The number of hydrogen-bond donors (Lipinski definition) is 1. The second-order valence-electron chi connectivity index (χ2n) is 4.70. The maximum Gasteiger partial charge on any atom is 0.274 e. The van der Waals surface area contributed by atoms with Crippen LogP contribution in [0.2, 0.25) is 0 Å². The smallest absolute Gasteiger partial charge is 0.274 e. The van der Waals surface area contributed by atoms with E-state index in [0.717, 1.165) is 17.3 Å². The molecule has 1 N–H and O–H groups in total. The van der Waals surface area contributed by atoms with Crippen LogP contribution < -0.4 is 5.32 Å². The fraction of sp³-hybridized carbons (Fsp3) is 0.385. The van der Waals surface area contributed by atoms with Crippen LogP contribution in [0.5, 0.6) is 0 Å². The van der Waals surface area contributed by atoms with Gasteiger partial charge in [-0.25, -0.2) is 4.98 Å². The standard InChI is InChI=1S/C13H14BrN3OS/c1-17-7-8(14)6-10(17)12(18)16-13-15-9-4-2-3-5-11(9)19-13/h6-7H,2-5H2,1H3,(H,15,16,18). The third-order valence-corrected chi connectivity index (χ3v) is 4.78. The summed E-state index contributed by atoms with van der Waals surface area (Å²) in [6.45, 7) is 0. The molecule has 0 fully saturated rings. The predicted octanol–water partition coefficient (Wildman–Crippen LogP) is 3.38. The lowest BCUT2D eigenvalue weighted by Crippen LogP contribution is -2.15. The molecule has 6 heteroatoms. The molecule has 2 aromatic rings. The number of anilines is 1. The fourth-order valence-corrected chi connectivity index (χ4v) is 3.89. The van der Waals surface area contributed by atoms with E-state index in [9.17, 15) is 4.79 Å². The number of rotatable bonds is 2. The van der Waals surface area contributed by atoms with Crippen molar-refractivity contribution in [2.75, 3.05) is 5.32 Å². The molecule has 1 aliphatic carbocycles. The van der Waals surface area contributed by atoms with Crippen molar-refractivity contribution in [2.24, 2.45) is 7.05 Å². The van der Waals surface area contributed by atoms with Gasteiger partial charge >= 0.3 is 0 Å². The molecule has 4 nitrogen and oxygen atoms in total. The Morgan fingerprint density at radius 3 is 2.95 bits per heavy atom. The number of carbonyl (C=O) groups excluding carboxylic acids is 1. The highest BCUT2D eigenvalue weighted by atomic mass is 79.9. The largest absolute Gasteiger partial charge is 0.345 e. The highest BCUT2D eigenvalue weighted by molar-refractivity contribution is 9.10. The van der Waals surface area contributed by atoms with E-state index in [4.69, 9.17) is 0 Å². The summed E-state index contributed by atoms with van der Waals surface area (Å²) in [6, 6.07) is 1.81. The van der Waals surface area contributed by atoms with Crippen molar-refractivity contribution in [1.82, 2.24) is 9.55 Å². The molecular formula is C13H14BrN3OS. The Kier molecular flexibility index (Phi) is 3.45. The van der Waals surface area contributed by atoms with Crippen molar-refractivity contribution in [3.8, 4) is 0 Å². The highest BCUT2D eigenvalue weighted by Gasteiger charge is 2.18. The molecule has 3 rings (SSSR count). The van der Waals surface area contributed by atoms with E-state index in [0.29, 0.717) is 10.8 Å². The molecular weight excluding hydrogens is 326 g/mol. The summed E-state index contributed by atoms with van der Waals surface area (Å²) in [5.74, 6) is -0.112. The minimum Gasteiger partial charge on any atom is -0.345 e. The second-order valence-corrected chi connectivity index (χ2v) is 6.70.